The molecule has 2 heterocycles. The highest BCUT2D eigenvalue weighted by Crippen LogP contribution is 2.24. The van der Waals surface area contributed by atoms with Gasteiger partial charge in [-0.1, -0.05) is 43.3 Å². The molecule has 0 fully saturated rings. The Hall–Kier alpha value is -2.18. The lowest BCUT2D eigenvalue weighted by Gasteiger charge is -2.34. The van der Waals surface area contributed by atoms with E-state index in [-0.39, 0.29) is 0 Å². The van der Waals surface area contributed by atoms with Gasteiger partial charge in [-0.15, -0.1) is 0 Å². The third kappa shape index (κ3) is 3.15. The van der Waals surface area contributed by atoms with Crippen LogP contribution in [0.3, 0.4) is 0 Å². The maximum atomic E-state index is 12.2. The van der Waals surface area contributed by atoms with Gasteiger partial charge in [0, 0.05) is 24.7 Å². The van der Waals surface area contributed by atoms with Crippen molar-refractivity contribution in [3.05, 3.63) is 65.2 Å². The zero-order valence-electron chi connectivity index (χ0n) is 14.9. The molecule has 26 heavy (non-hydrogen) atoms. The highest BCUT2D eigenvalue weighted by atomic mass is 32.2. The van der Waals surface area contributed by atoms with Gasteiger partial charge in [-0.05, 0) is 36.1 Å². The molecule has 136 valence electrons. The van der Waals surface area contributed by atoms with E-state index in [1.165, 1.54) is 11.1 Å². The Labute approximate surface area is 154 Å². The van der Waals surface area contributed by atoms with Crippen molar-refractivity contribution < 1.29 is 8.42 Å². The molecule has 0 amide bonds. The van der Waals surface area contributed by atoms with Crippen LogP contribution in [-0.4, -0.2) is 38.3 Å². The van der Waals surface area contributed by atoms with Gasteiger partial charge >= 0.3 is 0 Å². The minimum atomic E-state index is -3.47. The molecule has 2 aromatic rings. The van der Waals surface area contributed by atoms with Gasteiger partial charge in [-0.3, -0.25) is 14.6 Å². The van der Waals surface area contributed by atoms with E-state index in [4.69, 9.17) is 0 Å². The Morgan fingerprint density at radius 1 is 1.12 bits per heavy atom. The summed E-state index contributed by atoms with van der Waals surface area (Å²) in [4.78, 5) is 7.43. The number of amidine groups is 1. The van der Waals surface area contributed by atoms with Crippen molar-refractivity contribution >= 4 is 15.9 Å². The molecule has 0 aromatic heterocycles. The fourth-order valence-electron chi connectivity index (χ4n) is 3.78. The van der Waals surface area contributed by atoms with Crippen LogP contribution < -0.4 is 4.72 Å². The molecule has 5 nitrogen and oxygen atoms in total. The second kappa shape index (κ2) is 6.85. The van der Waals surface area contributed by atoms with Gasteiger partial charge in [-0.2, -0.15) is 0 Å². The van der Waals surface area contributed by atoms with Crippen LogP contribution in [0.2, 0.25) is 0 Å². The SMILES string of the molecule is CCC(CN=C1NS(=O)(=O)c2ccccc21)N1CCc2ccccc2C1. The van der Waals surface area contributed by atoms with Crippen LogP contribution in [0.25, 0.3) is 0 Å². The van der Waals surface area contributed by atoms with Crippen molar-refractivity contribution in [2.45, 2.75) is 37.2 Å². The number of rotatable bonds is 4. The molecule has 2 aliphatic heterocycles. The van der Waals surface area contributed by atoms with Crippen molar-refractivity contribution in [1.29, 1.82) is 0 Å². The predicted octanol–water partition coefficient (Wildman–Crippen LogP) is 2.56. The molecular formula is C20H23N3O2S. The number of hydrogen-bond acceptors (Lipinski definition) is 4. The lowest BCUT2D eigenvalue weighted by molar-refractivity contribution is 0.178. The fourth-order valence-corrected chi connectivity index (χ4v) is 5.03. The van der Waals surface area contributed by atoms with E-state index in [1.807, 2.05) is 12.1 Å². The molecule has 1 atom stereocenters. The van der Waals surface area contributed by atoms with Crippen molar-refractivity contribution in [3.63, 3.8) is 0 Å². The van der Waals surface area contributed by atoms with Crippen LogP contribution in [0.5, 0.6) is 0 Å². The zero-order chi connectivity index (χ0) is 18.1. The number of benzene rings is 2. The van der Waals surface area contributed by atoms with E-state index in [0.717, 1.165) is 25.9 Å². The Morgan fingerprint density at radius 3 is 2.65 bits per heavy atom. The molecule has 0 bridgehead atoms. The van der Waals surface area contributed by atoms with E-state index in [0.29, 0.717) is 28.9 Å². The first kappa shape index (κ1) is 17.2. The normalized spacial score (nSPS) is 21.0. The molecule has 0 aliphatic carbocycles. The van der Waals surface area contributed by atoms with Crippen LogP contribution in [-0.2, 0) is 23.0 Å². The van der Waals surface area contributed by atoms with Crippen molar-refractivity contribution in [2.75, 3.05) is 13.1 Å². The summed E-state index contributed by atoms with van der Waals surface area (Å²) in [5.74, 6) is 0.469. The maximum Gasteiger partial charge on any atom is 0.263 e. The highest BCUT2D eigenvalue weighted by molar-refractivity contribution is 7.90. The number of fused-ring (bicyclic) bond motifs is 2. The average Bonchev–Trinajstić information content (AvgIpc) is 2.93. The van der Waals surface area contributed by atoms with E-state index in [2.05, 4.69) is 45.8 Å². The standard InChI is InChI=1S/C20H23N3O2S/c1-2-17(23-12-11-15-7-3-4-8-16(15)14-23)13-21-20-18-9-5-6-10-19(18)26(24,25)22-20/h3-10,17H,2,11-14H2,1H3,(H,21,22). The van der Waals surface area contributed by atoms with Crippen molar-refractivity contribution in [2.24, 2.45) is 4.99 Å². The molecule has 0 radical (unpaired) electrons. The Morgan fingerprint density at radius 2 is 1.85 bits per heavy atom. The van der Waals surface area contributed by atoms with Gasteiger partial charge < -0.3 is 0 Å². The number of nitrogens with zero attached hydrogens (tertiary/aromatic N) is 2. The summed E-state index contributed by atoms with van der Waals surface area (Å²) in [7, 11) is -3.47. The molecule has 1 unspecified atom stereocenters. The maximum absolute atomic E-state index is 12.2. The summed E-state index contributed by atoms with van der Waals surface area (Å²) in [6, 6.07) is 15.9. The number of hydrogen-bond donors (Lipinski definition) is 1. The van der Waals surface area contributed by atoms with Crippen LogP contribution in [0, 0.1) is 0 Å². The van der Waals surface area contributed by atoms with Gasteiger partial charge in [0.2, 0.25) is 0 Å². The second-order valence-electron chi connectivity index (χ2n) is 6.84. The molecular weight excluding hydrogens is 346 g/mol. The molecule has 4 rings (SSSR count). The second-order valence-corrected chi connectivity index (χ2v) is 8.49. The molecule has 0 saturated carbocycles. The van der Waals surface area contributed by atoms with Gasteiger partial charge in [0.1, 0.15) is 5.84 Å². The minimum Gasteiger partial charge on any atom is -0.294 e. The molecule has 1 N–H and O–H groups in total. The Kier molecular flexibility index (Phi) is 4.54. The first-order valence-electron chi connectivity index (χ1n) is 9.06. The third-order valence-corrected chi connectivity index (χ3v) is 6.67. The largest absolute Gasteiger partial charge is 0.294 e. The average molecular weight is 369 g/mol. The van der Waals surface area contributed by atoms with Gasteiger partial charge in [0.25, 0.3) is 10.0 Å². The van der Waals surface area contributed by atoms with Crippen molar-refractivity contribution in [1.82, 2.24) is 9.62 Å². The summed E-state index contributed by atoms with van der Waals surface area (Å²) >= 11 is 0. The van der Waals surface area contributed by atoms with Crippen LogP contribution >= 0.6 is 0 Å². The third-order valence-electron chi connectivity index (χ3n) is 5.27. The van der Waals surface area contributed by atoms with Gasteiger partial charge in [0.05, 0.1) is 11.4 Å². The lowest BCUT2D eigenvalue weighted by atomic mass is 9.98. The minimum absolute atomic E-state index is 0.299. The smallest absolute Gasteiger partial charge is 0.263 e. The molecule has 0 saturated heterocycles. The topological polar surface area (TPSA) is 61.8 Å². The molecule has 2 aliphatic rings. The lowest BCUT2D eigenvalue weighted by Crippen LogP contribution is -2.41. The van der Waals surface area contributed by atoms with E-state index in [1.54, 1.807) is 12.1 Å². The molecule has 0 spiro atoms. The monoisotopic (exact) mass is 369 g/mol. The predicted molar refractivity (Wildman–Crippen MR) is 103 cm³/mol. The molecule has 6 heteroatoms. The van der Waals surface area contributed by atoms with Crippen LogP contribution in [0.4, 0.5) is 0 Å². The highest BCUT2D eigenvalue weighted by Gasteiger charge is 2.30. The van der Waals surface area contributed by atoms with E-state index < -0.39 is 10.0 Å². The summed E-state index contributed by atoms with van der Waals surface area (Å²) in [5.41, 5.74) is 3.49. The van der Waals surface area contributed by atoms with Crippen molar-refractivity contribution in [3.8, 4) is 0 Å². The molecule has 2 aromatic carbocycles. The van der Waals surface area contributed by atoms with Gasteiger partial charge in [0.15, 0.2) is 0 Å². The Balaban J connectivity index is 1.53. The number of aliphatic imine (C=N–C) groups is 1. The number of nitrogens with one attached hydrogen (secondary N) is 1. The number of sulfonamides is 1. The first-order valence-corrected chi connectivity index (χ1v) is 10.5. The van der Waals surface area contributed by atoms with Gasteiger partial charge in [-0.25, -0.2) is 8.42 Å². The van der Waals surface area contributed by atoms with Crippen LogP contribution in [0.15, 0.2) is 58.4 Å². The van der Waals surface area contributed by atoms with E-state index >= 15 is 0 Å². The first-order chi connectivity index (χ1) is 12.6. The summed E-state index contributed by atoms with van der Waals surface area (Å²) in [6.07, 6.45) is 2.03. The summed E-state index contributed by atoms with van der Waals surface area (Å²) in [6.45, 7) is 4.70. The quantitative estimate of drug-likeness (QED) is 0.901. The summed E-state index contributed by atoms with van der Waals surface area (Å²) < 4.78 is 27.0. The van der Waals surface area contributed by atoms with E-state index in [9.17, 15) is 8.42 Å². The fraction of sp³-hybridized carbons (Fsp3) is 0.350. The summed E-state index contributed by atoms with van der Waals surface area (Å²) in [5, 5.41) is 0. The zero-order valence-corrected chi connectivity index (χ0v) is 15.7. The van der Waals surface area contributed by atoms with Crippen LogP contribution in [0.1, 0.15) is 30.0 Å². The Bertz CT molecular complexity index is 953.